The Kier molecular flexibility index (Phi) is 6.75. The number of alkyl carbamates (subject to hydrolysis) is 1. The second-order valence-corrected chi connectivity index (χ2v) is 8.67. The zero-order chi connectivity index (χ0) is 21.7. The van der Waals surface area contributed by atoms with Crippen molar-refractivity contribution in [2.75, 3.05) is 0 Å². The third kappa shape index (κ3) is 6.31. The number of carbonyl (C=O) groups is 2. The lowest BCUT2D eigenvalue weighted by molar-refractivity contribution is -0.144. The molecule has 1 aliphatic heterocycles. The quantitative estimate of drug-likeness (QED) is 0.712. The van der Waals surface area contributed by atoms with Crippen molar-refractivity contribution in [2.24, 2.45) is 5.92 Å². The zero-order valence-corrected chi connectivity index (χ0v) is 17.6. The van der Waals surface area contributed by atoms with Crippen LogP contribution in [0.1, 0.15) is 38.3 Å². The molecule has 3 atom stereocenters. The Hall–Kier alpha value is -2.89. The fourth-order valence-corrected chi connectivity index (χ4v) is 3.64. The van der Waals surface area contributed by atoms with Crippen LogP contribution >= 0.6 is 0 Å². The number of ether oxygens (including phenoxy) is 2. The van der Waals surface area contributed by atoms with E-state index in [0.29, 0.717) is 19.3 Å². The second kappa shape index (κ2) is 9.28. The van der Waals surface area contributed by atoms with Gasteiger partial charge in [0.25, 0.3) is 0 Å². The van der Waals surface area contributed by atoms with Crippen molar-refractivity contribution in [3.63, 3.8) is 0 Å². The van der Waals surface area contributed by atoms with Gasteiger partial charge in [-0.15, -0.1) is 0 Å². The van der Waals surface area contributed by atoms with Gasteiger partial charge in [-0.05, 0) is 56.9 Å². The highest BCUT2D eigenvalue weighted by Crippen LogP contribution is 2.28. The molecule has 1 saturated heterocycles. The summed E-state index contributed by atoms with van der Waals surface area (Å²) >= 11 is 0. The van der Waals surface area contributed by atoms with Gasteiger partial charge in [-0.3, -0.25) is 4.79 Å². The number of cyclic esters (lactones) is 1. The molecule has 2 aromatic carbocycles. The second-order valence-electron chi connectivity index (χ2n) is 8.67. The lowest BCUT2D eigenvalue weighted by atomic mass is 9.89. The molecular formula is C24H28FNO4. The summed E-state index contributed by atoms with van der Waals surface area (Å²) in [5.41, 5.74) is 1.27. The van der Waals surface area contributed by atoms with Crippen LogP contribution in [-0.2, 0) is 27.1 Å². The molecule has 6 heteroatoms. The molecule has 30 heavy (non-hydrogen) atoms. The van der Waals surface area contributed by atoms with E-state index in [2.05, 4.69) is 5.32 Å². The number of benzene rings is 2. The molecule has 1 fully saturated rings. The Morgan fingerprint density at radius 1 is 1.13 bits per heavy atom. The predicted molar refractivity (Wildman–Crippen MR) is 111 cm³/mol. The van der Waals surface area contributed by atoms with Crippen molar-refractivity contribution in [1.29, 1.82) is 0 Å². The Labute approximate surface area is 176 Å². The van der Waals surface area contributed by atoms with E-state index in [0.717, 1.165) is 11.1 Å². The SMILES string of the molecule is CC(C)(C)OC(=O)N[C@@H](Cc1ccccc1)[C@H]1C[C@@H](Cc2ccc(F)cc2)OC1=O. The molecule has 1 heterocycles. The van der Waals surface area contributed by atoms with E-state index in [1.165, 1.54) is 12.1 Å². The van der Waals surface area contributed by atoms with Gasteiger partial charge in [-0.2, -0.15) is 0 Å². The van der Waals surface area contributed by atoms with Crippen molar-refractivity contribution >= 4 is 12.1 Å². The van der Waals surface area contributed by atoms with Crippen LogP contribution in [0.15, 0.2) is 54.6 Å². The average molecular weight is 413 g/mol. The van der Waals surface area contributed by atoms with Crippen LogP contribution in [-0.4, -0.2) is 29.8 Å². The number of hydrogen-bond acceptors (Lipinski definition) is 4. The lowest BCUT2D eigenvalue weighted by Crippen LogP contribution is -2.45. The van der Waals surface area contributed by atoms with Gasteiger partial charge in [-0.1, -0.05) is 42.5 Å². The lowest BCUT2D eigenvalue weighted by Gasteiger charge is -2.26. The molecular weight excluding hydrogens is 385 g/mol. The highest BCUT2D eigenvalue weighted by molar-refractivity contribution is 5.77. The highest BCUT2D eigenvalue weighted by Gasteiger charge is 2.40. The van der Waals surface area contributed by atoms with Crippen LogP contribution in [0.2, 0.25) is 0 Å². The normalized spacial score (nSPS) is 19.8. The zero-order valence-electron chi connectivity index (χ0n) is 17.6. The minimum absolute atomic E-state index is 0.301. The van der Waals surface area contributed by atoms with Gasteiger partial charge in [0.2, 0.25) is 0 Å². The van der Waals surface area contributed by atoms with E-state index in [9.17, 15) is 14.0 Å². The van der Waals surface area contributed by atoms with Crippen LogP contribution < -0.4 is 5.32 Å². The van der Waals surface area contributed by atoms with Gasteiger partial charge in [0.05, 0.1) is 5.92 Å². The molecule has 2 aromatic rings. The summed E-state index contributed by atoms with van der Waals surface area (Å²) in [6, 6.07) is 15.4. The molecule has 0 radical (unpaired) electrons. The standard InChI is InChI=1S/C24H28FNO4/c1-24(2,3)30-23(28)26-21(14-16-7-5-4-6-8-16)20-15-19(29-22(20)27)13-17-9-11-18(25)12-10-17/h4-12,19-21H,13-15H2,1-3H3,(H,26,28)/t19-,20-,21+/m1/s1. The van der Waals surface area contributed by atoms with Crippen LogP contribution in [0.25, 0.3) is 0 Å². The smallest absolute Gasteiger partial charge is 0.407 e. The highest BCUT2D eigenvalue weighted by atomic mass is 19.1. The summed E-state index contributed by atoms with van der Waals surface area (Å²) in [6.07, 6.45) is 0.601. The van der Waals surface area contributed by atoms with Crippen molar-refractivity contribution in [3.05, 3.63) is 71.5 Å². The van der Waals surface area contributed by atoms with Gasteiger partial charge < -0.3 is 14.8 Å². The summed E-state index contributed by atoms with van der Waals surface area (Å²) in [7, 11) is 0. The van der Waals surface area contributed by atoms with Crippen molar-refractivity contribution in [2.45, 2.75) is 57.8 Å². The molecule has 0 aromatic heterocycles. The van der Waals surface area contributed by atoms with Crippen LogP contribution in [0.5, 0.6) is 0 Å². The third-order valence-electron chi connectivity index (χ3n) is 4.97. The van der Waals surface area contributed by atoms with Gasteiger partial charge >= 0.3 is 12.1 Å². The molecule has 0 saturated carbocycles. The van der Waals surface area contributed by atoms with E-state index >= 15 is 0 Å². The van der Waals surface area contributed by atoms with E-state index in [1.54, 1.807) is 32.9 Å². The first-order chi connectivity index (χ1) is 14.2. The summed E-state index contributed by atoms with van der Waals surface area (Å²) in [5.74, 6) is -1.12. The van der Waals surface area contributed by atoms with Crippen LogP contribution in [0.3, 0.4) is 0 Å². The number of amides is 1. The van der Waals surface area contributed by atoms with Gasteiger partial charge in [-0.25, -0.2) is 9.18 Å². The fourth-order valence-electron chi connectivity index (χ4n) is 3.64. The van der Waals surface area contributed by atoms with E-state index in [4.69, 9.17) is 9.47 Å². The maximum absolute atomic E-state index is 13.1. The molecule has 1 amide bonds. The van der Waals surface area contributed by atoms with Crippen molar-refractivity contribution in [1.82, 2.24) is 5.32 Å². The molecule has 1 N–H and O–H groups in total. The number of rotatable bonds is 6. The van der Waals surface area contributed by atoms with Crippen molar-refractivity contribution in [3.8, 4) is 0 Å². The van der Waals surface area contributed by atoms with E-state index in [-0.39, 0.29) is 17.9 Å². The summed E-state index contributed by atoms with van der Waals surface area (Å²) in [6.45, 7) is 5.38. The Morgan fingerprint density at radius 2 is 1.80 bits per heavy atom. The minimum Gasteiger partial charge on any atom is -0.462 e. The number of esters is 1. The first kappa shape index (κ1) is 21.8. The van der Waals surface area contributed by atoms with E-state index in [1.807, 2.05) is 30.3 Å². The first-order valence-corrected chi connectivity index (χ1v) is 10.2. The predicted octanol–water partition coefficient (Wildman–Crippen LogP) is 4.44. The number of hydrogen-bond donors (Lipinski definition) is 1. The maximum atomic E-state index is 13.1. The molecule has 0 spiro atoms. The topological polar surface area (TPSA) is 64.6 Å². The Morgan fingerprint density at radius 3 is 2.43 bits per heavy atom. The Balaban J connectivity index is 1.71. The maximum Gasteiger partial charge on any atom is 0.407 e. The van der Waals surface area contributed by atoms with Gasteiger partial charge in [0, 0.05) is 12.5 Å². The molecule has 160 valence electrons. The van der Waals surface area contributed by atoms with E-state index < -0.39 is 23.7 Å². The average Bonchev–Trinajstić information content (AvgIpc) is 3.02. The molecule has 0 bridgehead atoms. The molecule has 0 unspecified atom stereocenters. The third-order valence-corrected chi connectivity index (χ3v) is 4.97. The van der Waals surface area contributed by atoms with Gasteiger partial charge in [0.1, 0.15) is 17.5 Å². The first-order valence-electron chi connectivity index (χ1n) is 10.2. The molecule has 5 nitrogen and oxygen atoms in total. The number of carbonyl (C=O) groups excluding carboxylic acids is 2. The summed E-state index contributed by atoms with van der Waals surface area (Å²) in [4.78, 5) is 25.1. The molecule has 1 aliphatic rings. The summed E-state index contributed by atoms with van der Waals surface area (Å²) in [5, 5.41) is 2.87. The summed E-state index contributed by atoms with van der Waals surface area (Å²) < 4.78 is 24.1. The van der Waals surface area contributed by atoms with Gasteiger partial charge in [0.15, 0.2) is 0 Å². The monoisotopic (exact) mass is 413 g/mol. The largest absolute Gasteiger partial charge is 0.462 e. The van der Waals surface area contributed by atoms with Crippen LogP contribution in [0.4, 0.5) is 9.18 Å². The molecule has 3 rings (SSSR count). The fraction of sp³-hybridized carbons (Fsp3) is 0.417. The van der Waals surface area contributed by atoms with Crippen molar-refractivity contribution < 1.29 is 23.5 Å². The Bertz CT molecular complexity index is 861. The number of halogens is 1. The molecule has 0 aliphatic carbocycles. The number of nitrogens with one attached hydrogen (secondary N) is 1. The van der Waals surface area contributed by atoms with Crippen LogP contribution in [0, 0.1) is 11.7 Å². The minimum atomic E-state index is -0.636.